The summed E-state index contributed by atoms with van der Waals surface area (Å²) in [5.41, 5.74) is 4.61. The third-order valence-electron chi connectivity index (χ3n) is 7.50. The van der Waals surface area contributed by atoms with Crippen LogP contribution in [0.3, 0.4) is 0 Å². The SMILES string of the molecule is CCN(CC)CCCNC(=O)c1ccc(Nc2nccc(N(Cc3cc(Cl)ccc3Cl)C(=O)Oc3c(C)cc(C)cc3C)n2)cc1. The lowest BCUT2D eigenvalue weighted by Gasteiger charge is -2.23. The second-order valence-electron chi connectivity index (χ2n) is 11.0. The van der Waals surface area contributed by atoms with E-state index in [-0.39, 0.29) is 18.4 Å². The lowest BCUT2D eigenvalue weighted by molar-refractivity contribution is 0.0952. The molecule has 242 valence electrons. The van der Waals surface area contributed by atoms with Crippen molar-refractivity contribution in [3.8, 4) is 5.75 Å². The molecule has 11 heteroatoms. The minimum Gasteiger partial charge on any atom is -0.409 e. The molecule has 0 fully saturated rings. The summed E-state index contributed by atoms with van der Waals surface area (Å²) in [5.74, 6) is 0.904. The van der Waals surface area contributed by atoms with E-state index in [1.54, 1.807) is 54.7 Å². The first-order valence-electron chi connectivity index (χ1n) is 15.3. The number of anilines is 3. The molecule has 0 radical (unpaired) electrons. The lowest BCUT2D eigenvalue weighted by atomic mass is 10.1. The highest BCUT2D eigenvalue weighted by atomic mass is 35.5. The summed E-state index contributed by atoms with van der Waals surface area (Å²) in [6.07, 6.45) is 1.80. The van der Waals surface area contributed by atoms with Gasteiger partial charge in [0.15, 0.2) is 0 Å². The van der Waals surface area contributed by atoms with Crippen molar-refractivity contribution in [3.05, 3.63) is 105 Å². The number of amides is 2. The first kappa shape index (κ1) is 34.7. The van der Waals surface area contributed by atoms with Gasteiger partial charge in [-0.25, -0.2) is 9.78 Å². The van der Waals surface area contributed by atoms with Crippen LogP contribution in [0.4, 0.5) is 22.2 Å². The molecule has 0 atom stereocenters. The third-order valence-corrected chi connectivity index (χ3v) is 8.11. The van der Waals surface area contributed by atoms with Crippen LogP contribution in [-0.4, -0.2) is 53.0 Å². The van der Waals surface area contributed by atoms with Gasteiger partial charge < -0.3 is 20.3 Å². The van der Waals surface area contributed by atoms with E-state index in [1.807, 2.05) is 32.9 Å². The molecule has 0 aliphatic rings. The molecular weight excluding hydrogens is 623 g/mol. The van der Waals surface area contributed by atoms with Crippen LogP contribution in [0.25, 0.3) is 0 Å². The Bertz CT molecular complexity index is 1640. The minimum absolute atomic E-state index is 0.0529. The molecule has 1 aromatic heterocycles. The fourth-order valence-electron chi connectivity index (χ4n) is 5.08. The Hall–Kier alpha value is -4.18. The molecule has 0 spiro atoms. The number of aryl methyl sites for hydroxylation is 3. The third kappa shape index (κ3) is 9.42. The monoisotopic (exact) mass is 662 g/mol. The molecule has 0 aliphatic carbocycles. The topological polar surface area (TPSA) is 99.7 Å². The summed E-state index contributed by atoms with van der Waals surface area (Å²) in [5, 5.41) is 7.07. The van der Waals surface area contributed by atoms with Crippen molar-refractivity contribution < 1.29 is 14.3 Å². The van der Waals surface area contributed by atoms with Crippen LogP contribution < -0.4 is 20.3 Å². The van der Waals surface area contributed by atoms with E-state index in [9.17, 15) is 9.59 Å². The van der Waals surface area contributed by atoms with Gasteiger partial charge in [-0.05, 0) is 112 Å². The van der Waals surface area contributed by atoms with Gasteiger partial charge in [0.05, 0.1) is 6.54 Å². The molecule has 46 heavy (non-hydrogen) atoms. The molecule has 4 rings (SSSR count). The van der Waals surface area contributed by atoms with Gasteiger partial charge >= 0.3 is 6.09 Å². The molecule has 0 unspecified atom stereocenters. The summed E-state index contributed by atoms with van der Waals surface area (Å²) < 4.78 is 5.93. The summed E-state index contributed by atoms with van der Waals surface area (Å²) in [7, 11) is 0. The Balaban J connectivity index is 1.51. The number of ether oxygens (including phenoxy) is 1. The smallest absolute Gasteiger partial charge is 0.409 e. The number of hydrogen-bond acceptors (Lipinski definition) is 7. The maximum atomic E-state index is 13.7. The number of carbonyl (C=O) groups is 2. The van der Waals surface area contributed by atoms with Gasteiger partial charge in [0, 0.05) is 34.0 Å². The van der Waals surface area contributed by atoms with E-state index >= 15 is 0 Å². The number of nitrogens with one attached hydrogen (secondary N) is 2. The van der Waals surface area contributed by atoms with Crippen LogP contribution in [0.15, 0.2) is 66.9 Å². The summed E-state index contributed by atoms with van der Waals surface area (Å²) in [4.78, 5) is 39.0. The highest BCUT2D eigenvalue weighted by Gasteiger charge is 2.23. The first-order valence-corrected chi connectivity index (χ1v) is 16.0. The van der Waals surface area contributed by atoms with Crippen LogP contribution in [0, 0.1) is 20.8 Å². The molecule has 0 aliphatic heterocycles. The average molecular weight is 664 g/mol. The number of aromatic nitrogens is 2. The van der Waals surface area contributed by atoms with Crippen LogP contribution in [0.5, 0.6) is 5.75 Å². The summed E-state index contributed by atoms with van der Waals surface area (Å²) >= 11 is 12.7. The van der Waals surface area contributed by atoms with Crippen molar-refractivity contribution in [2.75, 3.05) is 36.4 Å². The number of carbonyl (C=O) groups excluding carboxylic acids is 2. The van der Waals surface area contributed by atoms with Gasteiger partial charge in [0.25, 0.3) is 5.91 Å². The lowest BCUT2D eigenvalue weighted by Crippen LogP contribution is -2.34. The normalized spacial score (nSPS) is 11.0. The predicted octanol–water partition coefficient (Wildman–Crippen LogP) is 8.12. The molecule has 1 heterocycles. The maximum Gasteiger partial charge on any atom is 0.421 e. The van der Waals surface area contributed by atoms with Crippen LogP contribution >= 0.6 is 23.2 Å². The Labute approximate surface area is 280 Å². The summed E-state index contributed by atoms with van der Waals surface area (Å²) in [6.45, 7) is 13.7. The first-order chi connectivity index (χ1) is 22.1. The summed E-state index contributed by atoms with van der Waals surface area (Å²) in [6, 6.07) is 17.6. The zero-order valence-electron chi connectivity index (χ0n) is 26.9. The molecule has 0 saturated carbocycles. The van der Waals surface area contributed by atoms with Crippen LogP contribution in [0.1, 0.15) is 52.9 Å². The Morgan fingerprint density at radius 1 is 0.913 bits per heavy atom. The van der Waals surface area contributed by atoms with E-state index in [2.05, 4.69) is 39.3 Å². The second kappa shape index (κ2) is 16.4. The fourth-order valence-corrected chi connectivity index (χ4v) is 5.46. The number of rotatable bonds is 13. The molecule has 2 N–H and O–H groups in total. The Morgan fingerprint density at radius 2 is 1.61 bits per heavy atom. The molecule has 3 aromatic carbocycles. The quantitative estimate of drug-likeness (QED) is 0.139. The highest BCUT2D eigenvalue weighted by molar-refractivity contribution is 6.33. The number of nitrogens with zero attached hydrogens (tertiary/aromatic N) is 4. The number of benzene rings is 3. The van der Waals surface area contributed by atoms with E-state index in [0.717, 1.165) is 42.7 Å². The molecule has 4 aromatic rings. The van der Waals surface area contributed by atoms with Crippen molar-refractivity contribution in [2.45, 2.75) is 47.6 Å². The Kier molecular flexibility index (Phi) is 12.4. The van der Waals surface area contributed by atoms with E-state index in [4.69, 9.17) is 27.9 Å². The molecule has 2 amide bonds. The fraction of sp³-hybridized carbons (Fsp3) is 0.314. The minimum atomic E-state index is -0.636. The maximum absolute atomic E-state index is 13.7. The number of halogens is 2. The zero-order valence-corrected chi connectivity index (χ0v) is 28.4. The van der Waals surface area contributed by atoms with Gasteiger partial charge in [0.1, 0.15) is 11.6 Å². The van der Waals surface area contributed by atoms with Gasteiger partial charge in [0.2, 0.25) is 5.95 Å². The van der Waals surface area contributed by atoms with Crippen molar-refractivity contribution in [3.63, 3.8) is 0 Å². The van der Waals surface area contributed by atoms with Crippen molar-refractivity contribution in [1.29, 1.82) is 0 Å². The van der Waals surface area contributed by atoms with Crippen molar-refractivity contribution >= 4 is 52.7 Å². The highest BCUT2D eigenvalue weighted by Crippen LogP contribution is 2.29. The Morgan fingerprint density at radius 3 is 2.28 bits per heavy atom. The molecule has 0 saturated heterocycles. The zero-order chi connectivity index (χ0) is 33.2. The standard InChI is InChI=1S/C35H40Cl2N6O3/c1-6-42(7-2)18-8-16-38-33(44)26-9-12-29(13-10-26)40-34-39-17-15-31(41-34)43(22-27-21-28(36)11-14-30(27)37)35(45)46-32-24(4)19-23(3)20-25(32)5/h9-15,17,19-21H,6-8,16,18,22H2,1-5H3,(H,38,44)(H,39,40,41). The second-order valence-corrected chi connectivity index (χ2v) is 11.8. The predicted molar refractivity (Wildman–Crippen MR) is 186 cm³/mol. The largest absolute Gasteiger partial charge is 0.421 e. The molecular formula is C35H40Cl2N6O3. The molecule has 0 bridgehead atoms. The van der Waals surface area contributed by atoms with Gasteiger partial charge in [-0.1, -0.05) is 54.7 Å². The van der Waals surface area contributed by atoms with Crippen LogP contribution in [-0.2, 0) is 6.54 Å². The van der Waals surface area contributed by atoms with Gasteiger partial charge in [-0.3, -0.25) is 9.69 Å². The number of hydrogen-bond donors (Lipinski definition) is 2. The van der Waals surface area contributed by atoms with Crippen molar-refractivity contribution in [1.82, 2.24) is 20.2 Å². The van der Waals surface area contributed by atoms with E-state index in [0.29, 0.717) is 45.0 Å². The van der Waals surface area contributed by atoms with E-state index in [1.165, 1.54) is 4.90 Å². The van der Waals surface area contributed by atoms with Crippen molar-refractivity contribution in [2.24, 2.45) is 0 Å². The van der Waals surface area contributed by atoms with E-state index < -0.39 is 6.09 Å². The molecule has 9 nitrogen and oxygen atoms in total. The van der Waals surface area contributed by atoms with Gasteiger partial charge in [-0.15, -0.1) is 0 Å². The average Bonchev–Trinajstić information content (AvgIpc) is 3.03. The van der Waals surface area contributed by atoms with Crippen LogP contribution in [0.2, 0.25) is 10.0 Å². The van der Waals surface area contributed by atoms with Gasteiger partial charge in [-0.2, -0.15) is 4.98 Å².